The maximum Gasteiger partial charge on any atom is 0.0707 e. The van der Waals surface area contributed by atoms with Crippen molar-refractivity contribution in [1.29, 1.82) is 0 Å². The summed E-state index contributed by atoms with van der Waals surface area (Å²) in [4.78, 5) is 0. The molecule has 0 amide bonds. The predicted octanol–water partition coefficient (Wildman–Crippen LogP) is 2.50. The number of hydrogen-bond donors (Lipinski definition) is 1. The Balaban J connectivity index is 1.99. The van der Waals surface area contributed by atoms with E-state index in [1.807, 2.05) is 0 Å². The second-order valence-corrected chi connectivity index (χ2v) is 5.21. The van der Waals surface area contributed by atoms with Crippen LogP contribution in [0.15, 0.2) is 0 Å². The van der Waals surface area contributed by atoms with Gasteiger partial charge in [0.05, 0.1) is 11.7 Å². The van der Waals surface area contributed by atoms with Gasteiger partial charge in [-0.15, -0.1) is 0 Å². The van der Waals surface area contributed by atoms with E-state index in [1.165, 1.54) is 19.3 Å². The van der Waals surface area contributed by atoms with Gasteiger partial charge in [0.15, 0.2) is 0 Å². The molecule has 1 N–H and O–H groups in total. The van der Waals surface area contributed by atoms with Crippen molar-refractivity contribution < 1.29 is 9.84 Å². The van der Waals surface area contributed by atoms with E-state index >= 15 is 0 Å². The minimum absolute atomic E-state index is 0.0441. The molecule has 1 aliphatic heterocycles. The van der Waals surface area contributed by atoms with Crippen molar-refractivity contribution in [1.82, 2.24) is 0 Å². The van der Waals surface area contributed by atoms with Crippen molar-refractivity contribution in [2.45, 2.75) is 63.6 Å². The molecule has 14 heavy (non-hydrogen) atoms. The van der Waals surface area contributed by atoms with Gasteiger partial charge in [0.2, 0.25) is 0 Å². The summed E-state index contributed by atoms with van der Waals surface area (Å²) in [5, 5.41) is 9.70. The third kappa shape index (κ3) is 2.29. The average Bonchev–Trinajstić information content (AvgIpc) is 2.30. The third-order valence-corrected chi connectivity index (χ3v) is 3.89. The molecule has 0 bridgehead atoms. The summed E-state index contributed by atoms with van der Waals surface area (Å²) in [6, 6.07) is 0. The molecule has 2 rings (SSSR count). The molecule has 82 valence electrons. The first kappa shape index (κ1) is 10.4. The number of aliphatic hydroxyl groups is 1. The van der Waals surface area contributed by atoms with Crippen molar-refractivity contribution in [3.05, 3.63) is 0 Å². The van der Waals surface area contributed by atoms with E-state index in [0.717, 1.165) is 38.2 Å². The molecule has 1 saturated heterocycles. The molecule has 0 aromatic rings. The van der Waals surface area contributed by atoms with Gasteiger partial charge in [-0.2, -0.15) is 0 Å². The molecule has 2 fully saturated rings. The van der Waals surface area contributed by atoms with Crippen molar-refractivity contribution in [3.8, 4) is 0 Å². The summed E-state index contributed by atoms with van der Waals surface area (Å²) in [6.07, 6.45) is 7.79. The van der Waals surface area contributed by atoms with E-state index in [1.54, 1.807) is 0 Å². The second-order valence-electron chi connectivity index (χ2n) is 5.21. The summed E-state index contributed by atoms with van der Waals surface area (Å²) in [5.74, 6) is 0.844. The fraction of sp³-hybridized carbons (Fsp3) is 1.00. The first-order valence-corrected chi connectivity index (χ1v) is 6.02. The number of rotatable bonds is 0. The predicted molar refractivity (Wildman–Crippen MR) is 56.2 cm³/mol. The standard InChI is InChI=1S/C12H22O2/c1-10-3-2-6-12(7-4-10)9-11(13)5-8-14-12/h10-11,13H,2-9H2,1H3. The number of aliphatic hydroxyl groups excluding tert-OH is 1. The molecule has 0 aromatic carbocycles. The molecule has 2 nitrogen and oxygen atoms in total. The van der Waals surface area contributed by atoms with E-state index < -0.39 is 0 Å². The smallest absolute Gasteiger partial charge is 0.0707 e. The molecule has 2 heteroatoms. The van der Waals surface area contributed by atoms with Gasteiger partial charge >= 0.3 is 0 Å². The summed E-state index contributed by atoms with van der Waals surface area (Å²) < 4.78 is 5.95. The van der Waals surface area contributed by atoms with Crippen LogP contribution in [-0.4, -0.2) is 23.4 Å². The Bertz CT molecular complexity index is 193. The second kappa shape index (κ2) is 4.19. The Morgan fingerprint density at radius 3 is 2.86 bits per heavy atom. The Hall–Kier alpha value is -0.0800. The highest BCUT2D eigenvalue weighted by Gasteiger charge is 2.37. The monoisotopic (exact) mass is 198 g/mol. The average molecular weight is 198 g/mol. The third-order valence-electron chi connectivity index (χ3n) is 3.89. The molecule has 3 atom stereocenters. The number of ether oxygens (including phenoxy) is 1. The van der Waals surface area contributed by atoms with Gasteiger partial charge in [0.25, 0.3) is 0 Å². The topological polar surface area (TPSA) is 29.5 Å². The van der Waals surface area contributed by atoms with Crippen molar-refractivity contribution >= 4 is 0 Å². The first-order chi connectivity index (χ1) is 6.70. The van der Waals surface area contributed by atoms with Crippen LogP contribution in [-0.2, 0) is 4.74 Å². The van der Waals surface area contributed by atoms with Crippen LogP contribution >= 0.6 is 0 Å². The zero-order valence-electron chi connectivity index (χ0n) is 9.17. The molecule has 0 radical (unpaired) electrons. The molecule has 1 spiro atoms. The van der Waals surface area contributed by atoms with Crippen LogP contribution < -0.4 is 0 Å². The van der Waals surface area contributed by atoms with E-state index in [0.29, 0.717) is 0 Å². The lowest BCUT2D eigenvalue weighted by Gasteiger charge is -2.39. The summed E-state index contributed by atoms with van der Waals surface area (Å²) in [5.41, 5.74) is 0.0441. The van der Waals surface area contributed by atoms with Crippen molar-refractivity contribution in [3.63, 3.8) is 0 Å². The lowest BCUT2D eigenvalue weighted by Crippen LogP contribution is -2.41. The highest BCUT2D eigenvalue weighted by Crippen LogP contribution is 2.38. The largest absolute Gasteiger partial charge is 0.393 e. The highest BCUT2D eigenvalue weighted by atomic mass is 16.5. The molecular formula is C12H22O2. The summed E-state index contributed by atoms with van der Waals surface area (Å²) >= 11 is 0. The molecule has 0 aromatic heterocycles. The summed E-state index contributed by atoms with van der Waals surface area (Å²) in [6.45, 7) is 3.09. The van der Waals surface area contributed by atoms with Crippen LogP contribution in [0.2, 0.25) is 0 Å². The molecular weight excluding hydrogens is 176 g/mol. The minimum atomic E-state index is -0.114. The van der Waals surface area contributed by atoms with Gasteiger partial charge in [-0.3, -0.25) is 0 Å². The van der Waals surface area contributed by atoms with Crippen molar-refractivity contribution in [2.24, 2.45) is 5.92 Å². The zero-order valence-corrected chi connectivity index (χ0v) is 9.17. The zero-order chi connectivity index (χ0) is 10.0. The fourth-order valence-corrected chi connectivity index (χ4v) is 2.90. The van der Waals surface area contributed by atoms with Crippen LogP contribution in [0.1, 0.15) is 51.9 Å². The minimum Gasteiger partial charge on any atom is -0.393 e. The van der Waals surface area contributed by atoms with E-state index in [2.05, 4.69) is 6.92 Å². The molecule has 1 saturated carbocycles. The van der Waals surface area contributed by atoms with Gasteiger partial charge in [-0.1, -0.05) is 19.8 Å². The van der Waals surface area contributed by atoms with Crippen molar-refractivity contribution in [2.75, 3.05) is 6.61 Å². The van der Waals surface area contributed by atoms with Crippen LogP contribution in [0.4, 0.5) is 0 Å². The van der Waals surface area contributed by atoms with Gasteiger partial charge in [0.1, 0.15) is 0 Å². The lowest BCUT2D eigenvalue weighted by atomic mass is 9.85. The van der Waals surface area contributed by atoms with Gasteiger partial charge < -0.3 is 9.84 Å². The molecule has 1 aliphatic carbocycles. The lowest BCUT2D eigenvalue weighted by molar-refractivity contribution is -0.125. The number of hydrogen-bond acceptors (Lipinski definition) is 2. The maximum absolute atomic E-state index is 9.70. The van der Waals surface area contributed by atoms with Crippen LogP contribution in [0.5, 0.6) is 0 Å². The van der Waals surface area contributed by atoms with Gasteiger partial charge in [-0.25, -0.2) is 0 Å². The highest BCUT2D eigenvalue weighted by molar-refractivity contribution is 4.89. The maximum atomic E-state index is 9.70. The van der Waals surface area contributed by atoms with Crippen LogP contribution in [0.3, 0.4) is 0 Å². The van der Waals surface area contributed by atoms with E-state index in [-0.39, 0.29) is 11.7 Å². The summed E-state index contributed by atoms with van der Waals surface area (Å²) in [7, 11) is 0. The van der Waals surface area contributed by atoms with Crippen LogP contribution in [0, 0.1) is 5.92 Å². The Kier molecular flexibility index (Phi) is 3.13. The first-order valence-electron chi connectivity index (χ1n) is 6.02. The molecule has 3 unspecified atom stereocenters. The molecule has 1 heterocycles. The Morgan fingerprint density at radius 1 is 1.21 bits per heavy atom. The van der Waals surface area contributed by atoms with Gasteiger partial charge in [-0.05, 0) is 31.6 Å². The van der Waals surface area contributed by atoms with Crippen LogP contribution in [0.25, 0.3) is 0 Å². The van der Waals surface area contributed by atoms with E-state index in [4.69, 9.17) is 4.74 Å². The quantitative estimate of drug-likeness (QED) is 0.648. The SMILES string of the molecule is CC1CCCC2(CC1)CC(O)CCO2. The normalized spacial score (nSPS) is 45.0. The Morgan fingerprint density at radius 2 is 2.07 bits per heavy atom. The molecule has 2 aliphatic rings. The fourth-order valence-electron chi connectivity index (χ4n) is 2.90. The Labute approximate surface area is 86.6 Å². The van der Waals surface area contributed by atoms with Gasteiger partial charge in [0, 0.05) is 13.0 Å². The van der Waals surface area contributed by atoms with E-state index in [9.17, 15) is 5.11 Å².